The minimum atomic E-state index is -4.35. The number of aromatic nitrogens is 2. The Bertz CT molecular complexity index is 327. The predicted molar refractivity (Wildman–Crippen MR) is 47.3 cm³/mol. The van der Waals surface area contributed by atoms with Crippen LogP contribution in [-0.4, -0.2) is 23.1 Å². The Balaban J connectivity index is 2.16. The number of rotatable bonds is 1. The van der Waals surface area contributed by atoms with Crippen molar-refractivity contribution in [2.75, 3.05) is 13.1 Å². The molecule has 1 fully saturated rings. The van der Waals surface area contributed by atoms with E-state index in [4.69, 9.17) is 0 Å². The highest BCUT2D eigenvalue weighted by molar-refractivity contribution is 5.11. The van der Waals surface area contributed by atoms with Crippen LogP contribution in [-0.2, 0) is 6.18 Å². The number of halogens is 3. The fourth-order valence-corrected chi connectivity index (χ4v) is 1.57. The molecular formula is C9H10F3N3. The van der Waals surface area contributed by atoms with E-state index in [0.717, 1.165) is 31.9 Å². The maximum atomic E-state index is 12.2. The van der Waals surface area contributed by atoms with E-state index in [9.17, 15) is 13.2 Å². The Kier molecular flexibility index (Phi) is 2.60. The molecule has 2 rings (SSSR count). The van der Waals surface area contributed by atoms with Gasteiger partial charge in [0.15, 0.2) is 0 Å². The van der Waals surface area contributed by atoms with Crippen molar-refractivity contribution in [2.45, 2.75) is 18.5 Å². The van der Waals surface area contributed by atoms with Crippen LogP contribution >= 0.6 is 0 Å². The van der Waals surface area contributed by atoms with Crippen molar-refractivity contribution < 1.29 is 13.2 Å². The fraction of sp³-hybridized carbons (Fsp3) is 0.556. The van der Waals surface area contributed by atoms with Crippen LogP contribution in [0.1, 0.15) is 23.7 Å². The second-order valence-corrected chi connectivity index (χ2v) is 3.52. The van der Waals surface area contributed by atoms with Gasteiger partial charge in [-0.2, -0.15) is 13.2 Å². The summed E-state index contributed by atoms with van der Waals surface area (Å²) in [6.45, 7) is 1.61. The van der Waals surface area contributed by atoms with Gasteiger partial charge >= 0.3 is 6.18 Å². The third-order valence-corrected chi connectivity index (χ3v) is 2.42. The molecule has 0 amide bonds. The third-order valence-electron chi connectivity index (χ3n) is 2.42. The number of alkyl halides is 3. The lowest BCUT2D eigenvalue weighted by Crippen LogP contribution is -2.12. The molecular weight excluding hydrogens is 207 g/mol. The summed E-state index contributed by atoms with van der Waals surface area (Å²) in [4.78, 5) is 7.51. The van der Waals surface area contributed by atoms with Gasteiger partial charge in [0.05, 0.1) is 5.56 Å². The van der Waals surface area contributed by atoms with Crippen molar-refractivity contribution in [3.05, 3.63) is 23.8 Å². The highest BCUT2D eigenvalue weighted by Gasteiger charge is 2.31. The van der Waals surface area contributed by atoms with Gasteiger partial charge in [-0.25, -0.2) is 9.97 Å². The smallest absolute Gasteiger partial charge is 0.316 e. The molecule has 1 aromatic rings. The van der Waals surface area contributed by atoms with Crippen LogP contribution in [0.2, 0.25) is 0 Å². The van der Waals surface area contributed by atoms with Crippen molar-refractivity contribution in [3.8, 4) is 0 Å². The molecule has 1 aliphatic heterocycles. The molecule has 0 aliphatic carbocycles. The fourth-order valence-electron chi connectivity index (χ4n) is 1.57. The summed E-state index contributed by atoms with van der Waals surface area (Å²) in [6.07, 6.45) is -1.78. The number of hydrogen-bond donors (Lipinski definition) is 1. The minimum absolute atomic E-state index is 0.146. The monoisotopic (exact) mass is 217 g/mol. The Morgan fingerprint density at radius 1 is 1.27 bits per heavy atom. The van der Waals surface area contributed by atoms with Crippen LogP contribution in [0.4, 0.5) is 13.2 Å². The van der Waals surface area contributed by atoms with E-state index < -0.39 is 11.7 Å². The van der Waals surface area contributed by atoms with Crippen LogP contribution in [0, 0.1) is 0 Å². The van der Waals surface area contributed by atoms with E-state index in [1.165, 1.54) is 0 Å². The molecule has 1 unspecified atom stereocenters. The molecule has 3 nitrogen and oxygen atoms in total. The van der Waals surface area contributed by atoms with E-state index in [0.29, 0.717) is 5.82 Å². The van der Waals surface area contributed by atoms with Crippen LogP contribution in [0.3, 0.4) is 0 Å². The summed E-state index contributed by atoms with van der Waals surface area (Å²) in [5, 5.41) is 3.11. The molecule has 1 aromatic heterocycles. The van der Waals surface area contributed by atoms with Gasteiger partial charge in [-0.1, -0.05) is 0 Å². The van der Waals surface area contributed by atoms with E-state index in [1.54, 1.807) is 0 Å². The lowest BCUT2D eigenvalue weighted by atomic mass is 10.1. The molecule has 0 aromatic carbocycles. The molecule has 0 spiro atoms. The zero-order valence-corrected chi connectivity index (χ0v) is 7.88. The third kappa shape index (κ3) is 2.26. The number of nitrogens with zero attached hydrogens (tertiary/aromatic N) is 2. The molecule has 2 heterocycles. The van der Waals surface area contributed by atoms with Gasteiger partial charge in [0.1, 0.15) is 5.82 Å². The van der Waals surface area contributed by atoms with Crippen molar-refractivity contribution in [1.82, 2.24) is 15.3 Å². The standard InChI is InChI=1S/C9H10F3N3/c10-9(11,12)7-4-14-8(15-5-7)6-1-2-13-3-6/h4-6,13H,1-3H2. The van der Waals surface area contributed by atoms with E-state index in [1.807, 2.05) is 0 Å². The maximum absolute atomic E-state index is 12.2. The SMILES string of the molecule is FC(F)(F)c1cnc(C2CCNC2)nc1. The van der Waals surface area contributed by atoms with E-state index in [-0.39, 0.29) is 5.92 Å². The average molecular weight is 217 g/mol. The Morgan fingerprint density at radius 2 is 1.93 bits per heavy atom. The maximum Gasteiger partial charge on any atom is 0.419 e. The van der Waals surface area contributed by atoms with Crippen LogP contribution in [0.15, 0.2) is 12.4 Å². The van der Waals surface area contributed by atoms with Gasteiger partial charge in [-0.15, -0.1) is 0 Å². The normalized spacial score (nSPS) is 21.9. The summed E-state index contributed by atoms with van der Waals surface area (Å²) in [5.74, 6) is 0.639. The predicted octanol–water partition coefficient (Wildman–Crippen LogP) is 1.57. The first-order valence-electron chi connectivity index (χ1n) is 4.67. The summed E-state index contributed by atoms with van der Waals surface area (Å²) >= 11 is 0. The van der Waals surface area contributed by atoms with E-state index in [2.05, 4.69) is 15.3 Å². The Hall–Kier alpha value is -1.17. The molecule has 1 N–H and O–H groups in total. The molecule has 82 valence electrons. The van der Waals surface area contributed by atoms with Crippen LogP contribution < -0.4 is 5.32 Å². The van der Waals surface area contributed by atoms with Crippen molar-refractivity contribution in [2.24, 2.45) is 0 Å². The molecule has 0 bridgehead atoms. The lowest BCUT2D eigenvalue weighted by Gasteiger charge is -2.08. The first-order valence-corrected chi connectivity index (χ1v) is 4.67. The van der Waals surface area contributed by atoms with E-state index >= 15 is 0 Å². The summed E-state index contributed by atoms with van der Waals surface area (Å²) in [7, 11) is 0. The van der Waals surface area contributed by atoms with Gasteiger partial charge in [-0.05, 0) is 13.0 Å². The topological polar surface area (TPSA) is 37.8 Å². The van der Waals surface area contributed by atoms with Crippen LogP contribution in [0.25, 0.3) is 0 Å². The zero-order chi connectivity index (χ0) is 10.9. The van der Waals surface area contributed by atoms with Crippen molar-refractivity contribution >= 4 is 0 Å². The van der Waals surface area contributed by atoms with Gasteiger partial charge in [0.2, 0.25) is 0 Å². The first-order chi connectivity index (χ1) is 7.07. The first kappa shape index (κ1) is 10.4. The second kappa shape index (κ2) is 3.77. The van der Waals surface area contributed by atoms with Crippen LogP contribution in [0.5, 0.6) is 0 Å². The Morgan fingerprint density at radius 3 is 2.40 bits per heavy atom. The van der Waals surface area contributed by atoms with Crippen molar-refractivity contribution in [1.29, 1.82) is 0 Å². The Labute approximate surface area is 84.7 Å². The summed E-state index contributed by atoms with van der Waals surface area (Å²) < 4.78 is 36.6. The lowest BCUT2D eigenvalue weighted by molar-refractivity contribution is -0.138. The van der Waals surface area contributed by atoms with Gasteiger partial charge < -0.3 is 5.32 Å². The molecule has 6 heteroatoms. The molecule has 1 saturated heterocycles. The molecule has 1 atom stereocenters. The minimum Gasteiger partial charge on any atom is -0.316 e. The summed E-state index contributed by atoms with van der Waals surface area (Å²) in [6, 6.07) is 0. The summed E-state index contributed by atoms with van der Waals surface area (Å²) in [5.41, 5.74) is -0.794. The highest BCUT2D eigenvalue weighted by atomic mass is 19.4. The quantitative estimate of drug-likeness (QED) is 0.775. The highest BCUT2D eigenvalue weighted by Crippen LogP contribution is 2.28. The molecule has 0 saturated carbocycles. The van der Waals surface area contributed by atoms with Crippen molar-refractivity contribution in [3.63, 3.8) is 0 Å². The van der Waals surface area contributed by atoms with Gasteiger partial charge in [-0.3, -0.25) is 0 Å². The molecule has 1 aliphatic rings. The largest absolute Gasteiger partial charge is 0.419 e. The zero-order valence-electron chi connectivity index (χ0n) is 7.88. The average Bonchev–Trinajstić information content (AvgIpc) is 2.69. The number of hydrogen-bond acceptors (Lipinski definition) is 3. The second-order valence-electron chi connectivity index (χ2n) is 3.52. The molecule has 0 radical (unpaired) electrons. The van der Waals surface area contributed by atoms with Gasteiger partial charge in [0, 0.05) is 24.9 Å². The molecule has 15 heavy (non-hydrogen) atoms. The van der Waals surface area contributed by atoms with Gasteiger partial charge in [0.25, 0.3) is 0 Å². The number of nitrogens with one attached hydrogen (secondary N) is 1.